The molecule has 86 valence electrons. The second-order valence-electron chi connectivity index (χ2n) is 3.85. The second kappa shape index (κ2) is 5.11. The number of carbonyl (C=O) groups is 1. The van der Waals surface area contributed by atoms with Gasteiger partial charge in [-0.25, -0.2) is 0 Å². The van der Waals surface area contributed by atoms with E-state index >= 15 is 0 Å². The maximum Gasteiger partial charge on any atom is 0.159 e. The molecule has 0 atom stereocenters. The standard InChI is InChI=1S/C14H12ClNO/c1-10(17)12-3-2-4-13(6-12)14-5-11(7-15)8-16-9-14/h2-6,8-9H,7H2,1H3. The van der Waals surface area contributed by atoms with Crippen molar-refractivity contribution in [2.45, 2.75) is 12.8 Å². The number of hydrogen-bond acceptors (Lipinski definition) is 2. The Morgan fingerprint density at radius 2 is 2.06 bits per heavy atom. The number of aromatic nitrogens is 1. The second-order valence-corrected chi connectivity index (χ2v) is 4.12. The van der Waals surface area contributed by atoms with Crippen molar-refractivity contribution in [3.05, 3.63) is 53.9 Å². The Hall–Kier alpha value is -1.67. The first-order valence-electron chi connectivity index (χ1n) is 5.32. The molecule has 0 bridgehead atoms. The lowest BCUT2D eigenvalue weighted by Gasteiger charge is -2.04. The third kappa shape index (κ3) is 2.71. The minimum atomic E-state index is 0.0632. The van der Waals surface area contributed by atoms with Gasteiger partial charge in [0.2, 0.25) is 0 Å². The number of rotatable bonds is 3. The fourth-order valence-corrected chi connectivity index (χ4v) is 1.78. The average Bonchev–Trinajstić information content (AvgIpc) is 2.39. The van der Waals surface area contributed by atoms with Gasteiger partial charge in [-0.3, -0.25) is 9.78 Å². The highest BCUT2D eigenvalue weighted by molar-refractivity contribution is 6.17. The molecule has 0 amide bonds. The fourth-order valence-electron chi connectivity index (χ4n) is 1.64. The summed E-state index contributed by atoms with van der Waals surface area (Å²) in [6.45, 7) is 1.56. The summed E-state index contributed by atoms with van der Waals surface area (Å²) in [5.74, 6) is 0.501. The molecule has 0 aliphatic carbocycles. The van der Waals surface area contributed by atoms with E-state index in [0.29, 0.717) is 11.4 Å². The zero-order valence-corrected chi connectivity index (χ0v) is 10.2. The van der Waals surface area contributed by atoms with Crippen LogP contribution in [0.25, 0.3) is 11.1 Å². The number of Topliss-reactive ketones (excluding diaryl/α,β-unsaturated/α-hetero) is 1. The molecule has 1 aromatic carbocycles. The van der Waals surface area contributed by atoms with Crippen molar-refractivity contribution in [2.24, 2.45) is 0 Å². The summed E-state index contributed by atoms with van der Waals surface area (Å²) in [6.07, 6.45) is 3.51. The van der Waals surface area contributed by atoms with Crippen molar-refractivity contribution in [1.29, 1.82) is 0 Å². The molecule has 17 heavy (non-hydrogen) atoms. The van der Waals surface area contributed by atoms with Gasteiger partial charge in [-0.05, 0) is 30.2 Å². The van der Waals surface area contributed by atoms with E-state index in [2.05, 4.69) is 4.98 Å². The normalized spacial score (nSPS) is 10.2. The first-order valence-corrected chi connectivity index (χ1v) is 5.85. The van der Waals surface area contributed by atoms with Gasteiger partial charge in [0, 0.05) is 29.4 Å². The molecule has 3 heteroatoms. The summed E-state index contributed by atoms with van der Waals surface area (Å²) in [7, 11) is 0. The largest absolute Gasteiger partial charge is 0.295 e. The highest BCUT2D eigenvalue weighted by Gasteiger charge is 2.03. The molecule has 0 saturated carbocycles. The molecular formula is C14H12ClNO. The summed E-state index contributed by atoms with van der Waals surface area (Å²) in [5.41, 5.74) is 3.64. The average molecular weight is 246 g/mol. The minimum Gasteiger partial charge on any atom is -0.295 e. The van der Waals surface area contributed by atoms with Gasteiger partial charge in [0.05, 0.1) is 0 Å². The molecule has 0 fully saturated rings. The van der Waals surface area contributed by atoms with Crippen LogP contribution >= 0.6 is 11.6 Å². The number of nitrogens with zero attached hydrogens (tertiary/aromatic N) is 1. The fraction of sp³-hybridized carbons (Fsp3) is 0.143. The Kier molecular flexibility index (Phi) is 3.55. The summed E-state index contributed by atoms with van der Waals surface area (Å²) < 4.78 is 0. The molecule has 1 aromatic heterocycles. The Morgan fingerprint density at radius 3 is 2.76 bits per heavy atom. The SMILES string of the molecule is CC(=O)c1cccc(-c2cncc(CCl)c2)c1. The van der Waals surface area contributed by atoms with Crippen molar-refractivity contribution in [1.82, 2.24) is 4.98 Å². The highest BCUT2D eigenvalue weighted by atomic mass is 35.5. The van der Waals surface area contributed by atoms with Gasteiger partial charge in [0.15, 0.2) is 5.78 Å². The van der Waals surface area contributed by atoms with E-state index in [-0.39, 0.29) is 5.78 Å². The summed E-state index contributed by atoms with van der Waals surface area (Å²) in [6, 6.07) is 9.50. The predicted molar refractivity (Wildman–Crippen MR) is 69.2 cm³/mol. The van der Waals surface area contributed by atoms with E-state index in [1.54, 1.807) is 19.3 Å². The number of ketones is 1. The van der Waals surface area contributed by atoms with Crippen LogP contribution in [-0.2, 0) is 5.88 Å². The first kappa shape index (κ1) is 11.8. The third-order valence-electron chi connectivity index (χ3n) is 2.55. The maximum atomic E-state index is 11.3. The summed E-state index contributed by atoms with van der Waals surface area (Å²) in [5, 5.41) is 0. The zero-order valence-electron chi connectivity index (χ0n) is 9.48. The Bertz CT molecular complexity index is 551. The minimum absolute atomic E-state index is 0.0632. The Balaban J connectivity index is 2.45. The molecule has 1 heterocycles. The number of halogens is 1. The monoisotopic (exact) mass is 245 g/mol. The van der Waals surface area contributed by atoms with Crippen LogP contribution in [0.4, 0.5) is 0 Å². The van der Waals surface area contributed by atoms with Crippen LogP contribution in [0.5, 0.6) is 0 Å². The molecule has 0 spiro atoms. The van der Waals surface area contributed by atoms with E-state index in [1.165, 1.54) is 0 Å². The van der Waals surface area contributed by atoms with Gasteiger partial charge in [0.1, 0.15) is 0 Å². The van der Waals surface area contributed by atoms with Gasteiger partial charge < -0.3 is 0 Å². The molecule has 0 unspecified atom stereocenters. The van der Waals surface area contributed by atoms with Crippen LogP contribution in [0.1, 0.15) is 22.8 Å². The van der Waals surface area contributed by atoms with E-state index in [1.807, 2.05) is 30.3 Å². The number of benzene rings is 1. The topological polar surface area (TPSA) is 30.0 Å². The lowest BCUT2D eigenvalue weighted by atomic mass is 10.0. The molecule has 0 aliphatic heterocycles. The maximum absolute atomic E-state index is 11.3. The molecule has 0 aliphatic rings. The third-order valence-corrected chi connectivity index (χ3v) is 2.86. The number of hydrogen-bond donors (Lipinski definition) is 0. The van der Waals surface area contributed by atoms with E-state index in [9.17, 15) is 4.79 Å². The quantitative estimate of drug-likeness (QED) is 0.610. The van der Waals surface area contributed by atoms with Crippen LogP contribution < -0.4 is 0 Å². The Morgan fingerprint density at radius 1 is 1.24 bits per heavy atom. The van der Waals surface area contributed by atoms with E-state index in [4.69, 9.17) is 11.6 Å². The smallest absolute Gasteiger partial charge is 0.159 e. The number of carbonyl (C=O) groups excluding carboxylic acids is 1. The number of pyridine rings is 1. The molecule has 0 N–H and O–H groups in total. The molecule has 0 radical (unpaired) electrons. The van der Waals surface area contributed by atoms with Crippen LogP contribution in [0.15, 0.2) is 42.7 Å². The van der Waals surface area contributed by atoms with Crippen molar-refractivity contribution in [3.8, 4) is 11.1 Å². The lowest BCUT2D eigenvalue weighted by molar-refractivity contribution is 0.101. The summed E-state index contributed by atoms with van der Waals surface area (Å²) in [4.78, 5) is 15.5. The lowest BCUT2D eigenvalue weighted by Crippen LogP contribution is -1.92. The van der Waals surface area contributed by atoms with Crippen molar-refractivity contribution < 1.29 is 4.79 Å². The van der Waals surface area contributed by atoms with Crippen LogP contribution in [0, 0.1) is 0 Å². The van der Waals surface area contributed by atoms with Gasteiger partial charge >= 0.3 is 0 Å². The van der Waals surface area contributed by atoms with Crippen molar-refractivity contribution in [3.63, 3.8) is 0 Å². The molecule has 2 rings (SSSR count). The molecular weight excluding hydrogens is 234 g/mol. The van der Waals surface area contributed by atoms with Crippen LogP contribution in [0.2, 0.25) is 0 Å². The summed E-state index contributed by atoms with van der Waals surface area (Å²) >= 11 is 5.77. The highest BCUT2D eigenvalue weighted by Crippen LogP contribution is 2.21. The predicted octanol–water partition coefficient (Wildman–Crippen LogP) is 3.69. The van der Waals surface area contributed by atoms with Crippen molar-refractivity contribution >= 4 is 17.4 Å². The van der Waals surface area contributed by atoms with Crippen LogP contribution in [-0.4, -0.2) is 10.8 Å². The van der Waals surface area contributed by atoms with Gasteiger partial charge in [-0.15, -0.1) is 11.6 Å². The Labute approximate surface area is 105 Å². The first-order chi connectivity index (χ1) is 8.20. The molecule has 2 nitrogen and oxygen atoms in total. The molecule has 0 saturated heterocycles. The van der Waals surface area contributed by atoms with Crippen molar-refractivity contribution in [2.75, 3.05) is 0 Å². The van der Waals surface area contributed by atoms with E-state index in [0.717, 1.165) is 16.7 Å². The number of alkyl halides is 1. The van der Waals surface area contributed by atoms with Gasteiger partial charge in [0.25, 0.3) is 0 Å². The van der Waals surface area contributed by atoms with Gasteiger partial charge in [-0.1, -0.05) is 18.2 Å². The molecule has 2 aromatic rings. The van der Waals surface area contributed by atoms with Crippen LogP contribution in [0.3, 0.4) is 0 Å². The van der Waals surface area contributed by atoms with Gasteiger partial charge in [-0.2, -0.15) is 0 Å². The van der Waals surface area contributed by atoms with E-state index < -0.39 is 0 Å². The zero-order chi connectivity index (χ0) is 12.3.